The number of benzene rings is 1. The predicted molar refractivity (Wildman–Crippen MR) is 76.7 cm³/mol. The van der Waals surface area contributed by atoms with Gasteiger partial charge in [-0.15, -0.1) is 0 Å². The lowest BCUT2D eigenvalue weighted by Gasteiger charge is -2.20. The van der Waals surface area contributed by atoms with Crippen LogP contribution in [0.25, 0.3) is 0 Å². The van der Waals surface area contributed by atoms with E-state index < -0.39 is 0 Å². The van der Waals surface area contributed by atoms with E-state index in [0.29, 0.717) is 41.2 Å². The third-order valence-electron chi connectivity index (χ3n) is 3.89. The molecule has 3 rings (SSSR count). The lowest BCUT2D eigenvalue weighted by atomic mass is 10.1. The number of nitrogens with one attached hydrogen (secondary N) is 1. The highest BCUT2D eigenvalue weighted by atomic mass is 35.5. The van der Waals surface area contributed by atoms with Gasteiger partial charge in [0.15, 0.2) is 11.5 Å². The fourth-order valence-electron chi connectivity index (χ4n) is 2.85. The minimum atomic E-state index is -0.0945. The highest BCUT2D eigenvalue weighted by Crippen LogP contribution is 2.38. The van der Waals surface area contributed by atoms with Crippen LogP contribution in [0.2, 0.25) is 5.02 Å². The number of hydrogen-bond donors (Lipinski definition) is 1. The Morgan fingerprint density at radius 2 is 2.10 bits per heavy atom. The van der Waals surface area contributed by atoms with Crippen LogP contribution in [-0.2, 0) is 0 Å². The summed E-state index contributed by atoms with van der Waals surface area (Å²) >= 11 is 6.15. The molecule has 2 atom stereocenters. The minimum absolute atomic E-state index is 0.0945. The molecule has 1 saturated carbocycles. The zero-order valence-electron chi connectivity index (χ0n) is 11.4. The first-order chi connectivity index (χ1) is 9.63. The van der Waals surface area contributed by atoms with Crippen molar-refractivity contribution in [3.8, 4) is 11.5 Å². The van der Waals surface area contributed by atoms with Gasteiger partial charge >= 0.3 is 0 Å². The smallest absolute Gasteiger partial charge is 0.251 e. The van der Waals surface area contributed by atoms with Gasteiger partial charge < -0.3 is 14.8 Å². The molecule has 5 heteroatoms. The molecule has 4 nitrogen and oxygen atoms in total. The number of ether oxygens (including phenoxy) is 2. The van der Waals surface area contributed by atoms with Gasteiger partial charge in [0.05, 0.1) is 5.02 Å². The number of carbonyl (C=O) groups excluding carboxylic acids is 1. The minimum Gasteiger partial charge on any atom is -0.486 e. The zero-order valence-corrected chi connectivity index (χ0v) is 12.2. The lowest BCUT2D eigenvalue weighted by Crippen LogP contribution is -2.33. The standard InChI is InChI=1S/C15H18ClNO3/c1-9-2-3-11(6-9)17-15(18)10-7-12(16)14-13(8-10)19-4-5-20-14/h7-9,11H,2-6H2,1H3,(H,17,18). The summed E-state index contributed by atoms with van der Waals surface area (Å²) in [6.07, 6.45) is 3.27. The molecule has 0 bridgehead atoms. The summed E-state index contributed by atoms with van der Waals surface area (Å²) in [6, 6.07) is 3.61. The molecule has 2 unspecified atom stereocenters. The number of amides is 1. The molecular formula is C15H18ClNO3. The Labute approximate surface area is 123 Å². The summed E-state index contributed by atoms with van der Waals surface area (Å²) in [7, 11) is 0. The third kappa shape index (κ3) is 2.70. The maximum absolute atomic E-state index is 12.3. The Balaban J connectivity index is 1.76. The summed E-state index contributed by atoms with van der Waals surface area (Å²) in [4.78, 5) is 12.3. The molecule has 1 aromatic carbocycles. The molecule has 0 aromatic heterocycles. The van der Waals surface area contributed by atoms with Crippen LogP contribution in [0.3, 0.4) is 0 Å². The van der Waals surface area contributed by atoms with Crippen molar-refractivity contribution in [1.29, 1.82) is 0 Å². The van der Waals surface area contributed by atoms with Crippen molar-refractivity contribution in [2.75, 3.05) is 13.2 Å². The lowest BCUT2D eigenvalue weighted by molar-refractivity contribution is 0.0936. The first-order valence-electron chi connectivity index (χ1n) is 7.03. The van der Waals surface area contributed by atoms with E-state index in [0.717, 1.165) is 12.8 Å². The van der Waals surface area contributed by atoms with E-state index in [4.69, 9.17) is 21.1 Å². The quantitative estimate of drug-likeness (QED) is 0.912. The number of fused-ring (bicyclic) bond motifs is 1. The summed E-state index contributed by atoms with van der Waals surface area (Å²) in [6.45, 7) is 3.18. The predicted octanol–water partition coefficient (Wildman–Crippen LogP) is 3.03. The Morgan fingerprint density at radius 3 is 2.85 bits per heavy atom. The fraction of sp³-hybridized carbons (Fsp3) is 0.533. The van der Waals surface area contributed by atoms with Crippen LogP contribution in [-0.4, -0.2) is 25.2 Å². The van der Waals surface area contributed by atoms with E-state index in [1.54, 1.807) is 12.1 Å². The second-order valence-corrected chi connectivity index (χ2v) is 5.98. The van der Waals surface area contributed by atoms with Crippen LogP contribution in [0.1, 0.15) is 36.5 Å². The fourth-order valence-corrected chi connectivity index (χ4v) is 3.11. The first-order valence-corrected chi connectivity index (χ1v) is 7.41. The normalized spacial score (nSPS) is 24.5. The summed E-state index contributed by atoms with van der Waals surface area (Å²) in [5.41, 5.74) is 0.527. The van der Waals surface area contributed by atoms with E-state index >= 15 is 0 Å². The monoisotopic (exact) mass is 295 g/mol. The van der Waals surface area contributed by atoms with Gasteiger partial charge in [0.1, 0.15) is 13.2 Å². The van der Waals surface area contributed by atoms with Gasteiger partial charge in [-0.3, -0.25) is 4.79 Å². The molecule has 1 N–H and O–H groups in total. The van der Waals surface area contributed by atoms with Gasteiger partial charge in [-0.05, 0) is 37.3 Å². The highest BCUT2D eigenvalue weighted by molar-refractivity contribution is 6.32. The molecular weight excluding hydrogens is 278 g/mol. The number of rotatable bonds is 2. The molecule has 1 amide bonds. The van der Waals surface area contributed by atoms with Crippen LogP contribution < -0.4 is 14.8 Å². The van der Waals surface area contributed by atoms with Gasteiger partial charge in [-0.25, -0.2) is 0 Å². The van der Waals surface area contributed by atoms with Crippen molar-refractivity contribution >= 4 is 17.5 Å². The van der Waals surface area contributed by atoms with Crippen LogP contribution in [0.5, 0.6) is 11.5 Å². The van der Waals surface area contributed by atoms with E-state index in [2.05, 4.69) is 12.2 Å². The average Bonchev–Trinajstić information content (AvgIpc) is 2.84. The summed E-state index contributed by atoms with van der Waals surface area (Å²) in [5, 5.41) is 3.49. The Morgan fingerprint density at radius 1 is 1.30 bits per heavy atom. The van der Waals surface area contributed by atoms with Gasteiger partial charge in [-0.2, -0.15) is 0 Å². The van der Waals surface area contributed by atoms with Crippen molar-refractivity contribution in [2.45, 2.75) is 32.2 Å². The van der Waals surface area contributed by atoms with Crippen LogP contribution in [0, 0.1) is 5.92 Å². The second-order valence-electron chi connectivity index (χ2n) is 5.57. The largest absolute Gasteiger partial charge is 0.486 e. The van der Waals surface area contributed by atoms with Crippen molar-refractivity contribution in [3.63, 3.8) is 0 Å². The van der Waals surface area contributed by atoms with E-state index in [1.165, 1.54) is 6.42 Å². The Bertz CT molecular complexity index is 532. The molecule has 108 valence electrons. The zero-order chi connectivity index (χ0) is 14.1. The van der Waals surface area contributed by atoms with Crippen LogP contribution in [0.4, 0.5) is 0 Å². The average molecular weight is 296 g/mol. The molecule has 1 fully saturated rings. The molecule has 20 heavy (non-hydrogen) atoms. The van der Waals surface area contributed by atoms with E-state index in [-0.39, 0.29) is 11.9 Å². The second kappa shape index (κ2) is 5.52. The van der Waals surface area contributed by atoms with Crippen LogP contribution >= 0.6 is 11.6 Å². The van der Waals surface area contributed by atoms with Gasteiger partial charge in [0.2, 0.25) is 0 Å². The topological polar surface area (TPSA) is 47.6 Å². The number of halogens is 1. The highest BCUT2D eigenvalue weighted by Gasteiger charge is 2.24. The number of carbonyl (C=O) groups is 1. The summed E-state index contributed by atoms with van der Waals surface area (Å²) in [5.74, 6) is 1.67. The van der Waals surface area contributed by atoms with E-state index in [1.807, 2.05) is 0 Å². The van der Waals surface area contributed by atoms with Crippen molar-refractivity contribution in [1.82, 2.24) is 5.32 Å². The molecule has 2 aliphatic rings. The SMILES string of the molecule is CC1CCC(NC(=O)c2cc(Cl)c3c(c2)OCCO3)C1. The molecule has 1 aliphatic carbocycles. The van der Waals surface area contributed by atoms with Gasteiger partial charge in [-0.1, -0.05) is 18.5 Å². The first kappa shape index (κ1) is 13.6. The van der Waals surface area contributed by atoms with Crippen molar-refractivity contribution in [2.24, 2.45) is 5.92 Å². The van der Waals surface area contributed by atoms with Gasteiger partial charge in [0, 0.05) is 11.6 Å². The van der Waals surface area contributed by atoms with Crippen molar-refractivity contribution in [3.05, 3.63) is 22.7 Å². The maximum atomic E-state index is 12.3. The molecule has 0 saturated heterocycles. The van der Waals surface area contributed by atoms with Crippen LogP contribution in [0.15, 0.2) is 12.1 Å². The molecule has 1 aromatic rings. The molecule has 1 aliphatic heterocycles. The molecule has 0 radical (unpaired) electrons. The third-order valence-corrected chi connectivity index (χ3v) is 4.17. The van der Waals surface area contributed by atoms with E-state index in [9.17, 15) is 4.79 Å². The molecule has 0 spiro atoms. The summed E-state index contributed by atoms with van der Waals surface area (Å²) < 4.78 is 10.9. The van der Waals surface area contributed by atoms with Gasteiger partial charge in [0.25, 0.3) is 5.91 Å². The van der Waals surface area contributed by atoms with Crippen molar-refractivity contribution < 1.29 is 14.3 Å². The maximum Gasteiger partial charge on any atom is 0.251 e. The number of hydrogen-bond acceptors (Lipinski definition) is 3. The Kier molecular flexibility index (Phi) is 3.74. The molecule has 1 heterocycles. The Hall–Kier alpha value is -1.42.